The molecule has 4 heteroatoms. The number of hydrogen-bond acceptors (Lipinski definition) is 3. The third-order valence-corrected chi connectivity index (χ3v) is 1.96. The fourth-order valence-electron chi connectivity index (χ4n) is 1.05. The van der Waals surface area contributed by atoms with Gasteiger partial charge in [-0.15, -0.1) is 0 Å². The molecule has 1 aromatic carbocycles. The smallest absolute Gasteiger partial charge is 0.124 e. The van der Waals surface area contributed by atoms with Crippen molar-refractivity contribution in [2.45, 2.75) is 13.3 Å². The highest BCUT2D eigenvalue weighted by atomic mass is 35.5. The normalized spacial score (nSPS) is 11.7. The van der Waals surface area contributed by atoms with Gasteiger partial charge in [-0.05, 0) is 24.6 Å². The maximum absolute atomic E-state index is 9.42. The lowest BCUT2D eigenvalue weighted by Crippen LogP contribution is -1.99. The van der Waals surface area contributed by atoms with E-state index in [0.29, 0.717) is 22.7 Å². The molecule has 0 aromatic heterocycles. The minimum Gasteiger partial charge on any atom is -0.507 e. The van der Waals surface area contributed by atoms with Gasteiger partial charge in [0.15, 0.2) is 0 Å². The van der Waals surface area contributed by atoms with Crippen molar-refractivity contribution in [3.63, 3.8) is 0 Å². The van der Waals surface area contributed by atoms with E-state index >= 15 is 0 Å². The van der Waals surface area contributed by atoms with Crippen LogP contribution in [0.25, 0.3) is 0 Å². The standard InChI is InChI=1S/C9H10ClNO2/c1-2-8(11-13)7-5-6(10)3-4-9(7)12/h3-5,12-13H,2H2,1H3/b11-8+. The lowest BCUT2D eigenvalue weighted by Gasteiger charge is -2.04. The molecule has 3 nitrogen and oxygen atoms in total. The quantitative estimate of drug-likeness (QED) is 0.437. The molecule has 0 fully saturated rings. The average Bonchev–Trinajstić information content (AvgIpc) is 2.13. The molecule has 0 aliphatic carbocycles. The Bertz CT molecular complexity index is 336. The van der Waals surface area contributed by atoms with Crippen molar-refractivity contribution in [3.05, 3.63) is 28.8 Å². The SMILES string of the molecule is CC/C(=N\O)c1cc(Cl)ccc1O. The van der Waals surface area contributed by atoms with Crippen molar-refractivity contribution < 1.29 is 10.3 Å². The predicted molar refractivity (Wildman–Crippen MR) is 51.7 cm³/mol. The van der Waals surface area contributed by atoms with Crippen LogP contribution in [-0.2, 0) is 0 Å². The summed E-state index contributed by atoms with van der Waals surface area (Å²) in [5, 5.41) is 21.6. The number of aromatic hydroxyl groups is 1. The van der Waals surface area contributed by atoms with Crippen LogP contribution in [0.3, 0.4) is 0 Å². The van der Waals surface area contributed by atoms with Crippen LogP contribution < -0.4 is 0 Å². The predicted octanol–water partition coefficient (Wildman–Crippen LogP) is 2.63. The molecule has 13 heavy (non-hydrogen) atoms. The summed E-state index contributed by atoms with van der Waals surface area (Å²) < 4.78 is 0. The van der Waals surface area contributed by atoms with E-state index in [1.165, 1.54) is 6.07 Å². The summed E-state index contributed by atoms with van der Waals surface area (Å²) in [6, 6.07) is 4.61. The van der Waals surface area contributed by atoms with Crippen molar-refractivity contribution in [3.8, 4) is 5.75 Å². The van der Waals surface area contributed by atoms with E-state index in [4.69, 9.17) is 16.8 Å². The molecular weight excluding hydrogens is 190 g/mol. The first-order valence-corrected chi connectivity index (χ1v) is 4.26. The second-order valence-corrected chi connectivity index (χ2v) is 3.00. The summed E-state index contributed by atoms with van der Waals surface area (Å²) in [5.41, 5.74) is 0.887. The molecule has 0 saturated heterocycles. The zero-order valence-electron chi connectivity index (χ0n) is 7.16. The zero-order valence-corrected chi connectivity index (χ0v) is 7.91. The van der Waals surface area contributed by atoms with Gasteiger partial charge in [0, 0.05) is 10.6 Å². The summed E-state index contributed by atoms with van der Waals surface area (Å²) >= 11 is 5.73. The fourth-order valence-corrected chi connectivity index (χ4v) is 1.23. The Labute approximate surface area is 81.3 Å². The number of phenols is 1. The van der Waals surface area contributed by atoms with Gasteiger partial charge >= 0.3 is 0 Å². The largest absolute Gasteiger partial charge is 0.507 e. The van der Waals surface area contributed by atoms with E-state index in [9.17, 15) is 5.11 Å². The van der Waals surface area contributed by atoms with Gasteiger partial charge in [0.2, 0.25) is 0 Å². The second-order valence-electron chi connectivity index (χ2n) is 2.56. The van der Waals surface area contributed by atoms with Gasteiger partial charge in [-0.2, -0.15) is 0 Å². The van der Waals surface area contributed by atoms with Gasteiger partial charge in [0.1, 0.15) is 5.75 Å². The van der Waals surface area contributed by atoms with Gasteiger partial charge in [-0.1, -0.05) is 23.7 Å². The summed E-state index contributed by atoms with van der Waals surface area (Å²) in [6.07, 6.45) is 0.532. The number of benzene rings is 1. The van der Waals surface area contributed by atoms with Gasteiger partial charge in [0.05, 0.1) is 5.71 Å². The van der Waals surface area contributed by atoms with Crippen LogP contribution in [0.4, 0.5) is 0 Å². The van der Waals surface area contributed by atoms with Crippen LogP contribution in [0.1, 0.15) is 18.9 Å². The molecule has 2 N–H and O–H groups in total. The molecule has 0 aliphatic rings. The number of nitrogens with zero attached hydrogens (tertiary/aromatic N) is 1. The molecule has 1 rings (SSSR count). The van der Waals surface area contributed by atoms with Crippen molar-refractivity contribution >= 4 is 17.3 Å². The van der Waals surface area contributed by atoms with Crippen molar-refractivity contribution in [1.82, 2.24) is 0 Å². The minimum atomic E-state index is 0.0686. The first kappa shape index (κ1) is 9.86. The Morgan fingerprint density at radius 1 is 1.54 bits per heavy atom. The van der Waals surface area contributed by atoms with E-state index in [-0.39, 0.29) is 5.75 Å². The Morgan fingerprint density at radius 3 is 2.77 bits per heavy atom. The lowest BCUT2D eigenvalue weighted by molar-refractivity contribution is 0.318. The van der Waals surface area contributed by atoms with Crippen LogP contribution in [-0.4, -0.2) is 16.0 Å². The highest BCUT2D eigenvalue weighted by molar-refractivity contribution is 6.31. The summed E-state index contributed by atoms with van der Waals surface area (Å²) in [5.74, 6) is 0.0686. The molecule has 0 amide bonds. The Kier molecular flexibility index (Phi) is 3.14. The molecule has 0 unspecified atom stereocenters. The molecule has 0 heterocycles. The third-order valence-electron chi connectivity index (χ3n) is 1.73. The van der Waals surface area contributed by atoms with Crippen LogP contribution >= 0.6 is 11.6 Å². The van der Waals surface area contributed by atoms with Gasteiger partial charge in [-0.3, -0.25) is 0 Å². The number of rotatable bonds is 2. The van der Waals surface area contributed by atoms with Crippen LogP contribution in [0, 0.1) is 0 Å². The van der Waals surface area contributed by atoms with E-state index in [1.807, 2.05) is 6.92 Å². The summed E-state index contributed by atoms with van der Waals surface area (Å²) in [6.45, 7) is 1.83. The monoisotopic (exact) mass is 199 g/mol. The Balaban J connectivity index is 3.19. The number of oxime groups is 1. The molecule has 0 atom stereocenters. The average molecular weight is 200 g/mol. The molecular formula is C9H10ClNO2. The molecule has 0 radical (unpaired) electrons. The highest BCUT2D eigenvalue weighted by Crippen LogP contribution is 2.22. The molecule has 0 aliphatic heterocycles. The Morgan fingerprint density at radius 2 is 2.23 bits per heavy atom. The zero-order chi connectivity index (χ0) is 9.84. The topological polar surface area (TPSA) is 52.8 Å². The van der Waals surface area contributed by atoms with Gasteiger partial charge < -0.3 is 10.3 Å². The van der Waals surface area contributed by atoms with E-state index in [1.54, 1.807) is 12.1 Å². The van der Waals surface area contributed by atoms with Gasteiger partial charge in [0.25, 0.3) is 0 Å². The number of halogens is 1. The molecule has 0 bridgehead atoms. The summed E-state index contributed by atoms with van der Waals surface area (Å²) in [4.78, 5) is 0. The number of phenolic OH excluding ortho intramolecular Hbond substituents is 1. The number of hydrogen-bond donors (Lipinski definition) is 2. The summed E-state index contributed by atoms with van der Waals surface area (Å²) in [7, 11) is 0. The van der Waals surface area contributed by atoms with Crippen molar-refractivity contribution in [1.29, 1.82) is 0 Å². The molecule has 0 saturated carbocycles. The molecule has 0 spiro atoms. The molecule has 1 aromatic rings. The van der Waals surface area contributed by atoms with Crippen molar-refractivity contribution in [2.24, 2.45) is 5.16 Å². The van der Waals surface area contributed by atoms with Gasteiger partial charge in [-0.25, -0.2) is 0 Å². The Hall–Kier alpha value is -1.22. The van der Waals surface area contributed by atoms with Crippen molar-refractivity contribution in [2.75, 3.05) is 0 Å². The molecule has 70 valence electrons. The van der Waals surface area contributed by atoms with E-state index in [2.05, 4.69) is 5.16 Å². The lowest BCUT2D eigenvalue weighted by atomic mass is 10.1. The fraction of sp³-hybridized carbons (Fsp3) is 0.222. The maximum Gasteiger partial charge on any atom is 0.124 e. The minimum absolute atomic E-state index is 0.0686. The first-order chi connectivity index (χ1) is 6.19. The maximum atomic E-state index is 9.42. The van der Waals surface area contributed by atoms with Crippen LogP contribution in [0.2, 0.25) is 5.02 Å². The van der Waals surface area contributed by atoms with E-state index in [0.717, 1.165) is 0 Å². The van der Waals surface area contributed by atoms with E-state index < -0.39 is 0 Å². The first-order valence-electron chi connectivity index (χ1n) is 3.88. The third kappa shape index (κ3) is 2.12. The second kappa shape index (κ2) is 4.14. The highest BCUT2D eigenvalue weighted by Gasteiger charge is 2.07. The van der Waals surface area contributed by atoms with Crippen LogP contribution in [0.15, 0.2) is 23.4 Å². The van der Waals surface area contributed by atoms with Crippen LogP contribution in [0.5, 0.6) is 5.75 Å².